The van der Waals surface area contributed by atoms with Gasteiger partial charge in [0.15, 0.2) is 0 Å². The van der Waals surface area contributed by atoms with Crippen LogP contribution in [0.25, 0.3) is 0 Å². The first-order chi connectivity index (χ1) is 8.04. The van der Waals surface area contributed by atoms with Gasteiger partial charge in [-0.15, -0.1) is 0 Å². The van der Waals surface area contributed by atoms with Gasteiger partial charge in [-0.2, -0.15) is 0 Å². The standard InChI is InChI=1S/C10H12N2O4S/c13-7(10(8(14)15)2-1-3-10)11-4-6-5-17-9(16)12-6/h5H,1-4H2,(H,11,13)(H,12,16)(H,14,15). The van der Waals surface area contributed by atoms with E-state index in [0.717, 1.165) is 17.8 Å². The zero-order valence-electron chi connectivity index (χ0n) is 8.99. The van der Waals surface area contributed by atoms with Gasteiger partial charge in [0, 0.05) is 11.1 Å². The van der Waals surface area contributed by atoms with Crippen molar-refractivity contribution in [3.05, 3.63) is 20.7 Å². The average molecular weight is 256 g/mol. The SMILES string of the molecule is O=C(O)C1(C(=O)NCc2csc(=O)[nH]2)CCC1. The molecule has 0 aromatic carbocycles. The number of hydrogen-bond donors (Lipinski definition) is 3. The van der Waals surface area contributed by atoms with E-state index >= 15 is 0 Å². The summed E-state index contributed by atoms with van der Waals surface area (Å²) in [4.78, 5) is 36.1. The maximum atomic E-state index is 11.8. The molecule has 2 rings (SSSR count). The van der Waals surface area contributed by atoms with Crippen LogP contribution < -0.4 is 10.2 Å². The lowest BCUT2D eigenvalue weighted by atomic mass is 9.68. The molecule has 0 spiro atoms. The highest BCUT2D eigenvalue weighted by molar-refractivity contribution is 7.07. The van der Waals surface area contributed by atoms with E-state index in [4.69, 9.17) is 5.11 Å². The number of carbonyl (C=O) groups excluding carboxylic acids is 1. The molecule has 1 aliphatic rings. The highest BCUT2D eigenvalue weighted by atomic mass is 32.1. The predicted molar refractivity (Wildman–Crippen MR) is 60.7 cm³/mol. The fourth-order valence-electron chi connectivity index (χ4n) is 1.81. The third-order valence-corrected chi connectivity index (χ3v) is 3.78. The summed E-state index contributed by atoms with van der Waals surface area (Å²) in [6, 6.07) is 0. The number of rotatable bonds is 4. The van der Waals surface area contributed by atoms with Gasteiger partial charge in [-0.1, -0.05) is 17.8 Å². The van der Waals surface area contributed by atoms with Gasteiger partial charge >= 0.3 is 10.8 Å². The Hall–Kier alpha value is -1.63. The van der Waals surface area contributed by atoms with Gasteiger partial charge in [-0.25, -0.2) is 0 Å². The number of carboxylic acids is 1. The Kier molecular flexibility index (Phi) is 3.01. The fraction of sp³-hybridized carbons (Fsp3) is 0.500. The van der Waals surface area contributed by atoms with Crippen LogP contribution in [-0.2, 0) is 16.1 Å². The number of aliphatic carboxylic acids is 1. The Morgan fingerprint density at radius 2 is 2.24 bits per heavy atom. The Bertz CT molecular complexity index is 500. The molecule has 92 valence electrons. The van der Waals surface area contributed by atoms with E-state index in [9.17, 15) is 14.4 Å². The van der Waals surface area contributed by atoms with E-state index in [1.807, 2.05) is 0 Å². The molecule has 1 fully saturated rings. The van der Waals surface area contributed by atoms with E-state index in [0.29, 0.717) is 18.5 Å². The molecule has 17 heavy (non-hydrogen) atoms. The molecular formula is C10H12N2O4S. The third kappa shape index (κ3) is 2.10. The second kappa shape index (κ2) is 4.33. The molecular weight excluding hydrogens is 244 g/mol. The molecule has 1 heterocycles. The summed E-state index contributed by atoms with van der Waals surface area (Å²) >= 11 is 1.01. The van der Waals surface area contributed by atoms with Gasteiger partial charge in [0.05, 0.1) is 6.54 Å². The Balaban J connectivity index is 1.97. The molecule has 1 aromatic heterocycles. The van der Waals surface area contributed by atoms with Crippen LogP contribution in [0.15, 0.2) is 10.2 Å². The topological polar surface area (TPSA) is 99.3 Å². The van der Waals surface area contributed by atoms with E-state index in [2.05, 4.69) is 10.3 Å². The number of hydrogen-bond acceptors (Lipinski definition) is 4. The van der Waals surface area contributed by atoms with E-state index in [1.165, 1.54) is 0 Å². The minimum atomic E-state index is -1.25. The van der Waals surface area contributed by atoms with Crippen LogP contribution in [0.4, 0.5) is 0 Å². The molecule has 1 aromatic rings. The van der Waals surface area contributed by atoms with Crippen LogP contribution in [0.3, 0.4) is 0 Å². The Morgan fingerprint density at radius 3 is 2.65 bits per heavy atom. The summed E-state index contributed by atoms with van der Waals surface area (Å²) in [5.41, 5.74) is -0.663. The van der Waals surface area contributed by atoms with Crippen molar-refractivity contribution in [2.45, 2.75) is 25.8 Å². The van der Waals surface area contributed by atoms with Gasteiger partial charge in [-0.05, 0) is 12.8 Å². The van der Waals surface area contributed by atoms with Crippen molar-refractivity contribution in [1.82, 2.24) is 10.3 Å². The monoisotopic (exact) mass is 256 g/mol. The van der Waals surface area contributed by atoms with Crippen LogP contribution in [0, 0.1) is 5.41 Å². The first kappa shape index (κ1) is 11.8. The van der Waals surface area contributed by atoms with Gasteiger partial charge in [0.25, 0.3) is 0 Å². The number of aromatic amines is 1. The summed E-state index contributed by atoms with van der Waals surface area (Å²) < 4.78 is 0. The van der Waals surface area contributed by atoms with Crippen molar-refractivity contribution in [2.24, 2.45) is 5.41 Å². The molecule has 1 aliphatic carbocycles. The molecule has 1 saturated carbocycles. The Morgan fingerprint density at radius 1 is 1.53 bits per heavy atom. The number of H-pyrrole nitrogens is 1. The van der Waals surface area contributed by atoms with Crippen LogP contribution >= 0.6 is 11.3 Å². The lowest BCUT2D eigenvalue weighted by molar-refractivity contribution is -0.162. The summed E-state index contributed by atoms with van der Waals surface area (Å²) in [7, 11) is 0. The number of carboxylic acid groups (broad SMARTS) is 1. The number of carbonyl (C=O) groups is 2. The smallest absolute Gasteiger partial charge is 0.319 e. The molecule has 0 radical (unpaired) electrons. The minimum absolute atomic E-state index is 0.159. The molecule has 0 atom stereocenters. The van der Waals surface area contributed by atoms with Gasteiger partial charge in [-0.3, -0.25) is 14.4 Å². The van der Waals surface area contributed by atoms with E-state index < -0.39 is 17.3 Å². The number of thiazole rings is 1. The lowest BCUT2D eigenvalue weighted by Crippen LogP contribution is -2.50. The normalized spacial score (nSPS) is 17.2. The number of aromatic nitrogens is 1. The second-order valence-electron chi connectivity index (χ2n) is 4.10. The van der Waals surface area contributed by atoms with Crippen molar-refractivity contribution >= 4 is 23.2 Å². The van der Waals surface area contributed by atoms with Crippen LogP contribution in [0.5, 0.6) is 0 Å². The van der Waals surface area contributed by atoms with E-state index in [1.54, 1.807) is 5.38 Å². The molecule has 0 unspecified atom stereocenters. The van der Waals surface area contributed by atoms with Crippen LogP contribution in [0.2, 0.25) is 0 Å². The molecule has 0 saturated heterocycles. The molecule has 3 N–H and O–H groups in total. The second-order valence-corrected chi connectivity index (χ2v) is 4.94. The van der Waals surface area contributed by atoms with Gasteiger partial charge in [0.1, 0.15) is 5.41 Å². The summed E-state index contributed by atoms with van der Waals surface area (Å²) in [5, 5.41) is 13.2. The predicted octanol–water partition coefficient (Wildman–Crippen LogP) is 0.307. The van der Waals surface area contributed by atoms with E-state index in [-0.39, 0.29) is 11.4 Å². The van der Waals surface area contributed by atoms with Crippen LogP contribution in [0.1, 0.15) is 25.0 Å². The molecule has 0 bridgehead atoms. The molecule has 0 aliphatic heterocycles. The van der Waals surface area contributed by atoms with Crippen molar-refractivity contribution < 1.29 is 14.7 Å². The quantitative estimate of drug-likeness (QED) is 0.675. The summed E-state index contributed by atoms with van der Waals surface area (Å²) in [6.45, 7) is 0.159. The highest BCUT2D eigenvalue weighted by Gasteiger charge is 2.50. The minimum Gasteiger partial charge on any atom is -0.480 e. The number of amides is 1. The first-order valence-corrected chi connectivity index (χ1v) is 6.11. The van der Waals surface area contributed by atoms with Crippen molar-refractivity contribution in [3.63, 3.8) is 0 Å². The van der Waals surface area contributed by atoms with Crippen molar-refractivity contribution in [3.8, 4) is 0 Å². The molecule has 1 amide bonds. The average Bonchev–Trinajstić information content (AvgIpc) is 2.59. The van der Waals surface area contributed by atoms with Crippen LogP contribution in [-0.4, -0.2) is 22.0 Å². The molecule has 7 heteroatoms. The van der Waals surface area contributed by atoms with Crippen molar-refractivity contribution in [1.29, 1.82) is 0 Å². The summed E-state index contributed by atoms with van der Waals surface area (Å²) in [5.74, 6) is -1.54. The maximum Gasteiger partial charge on any atom is 0.319 e. The van der Waals surface area contributed by atoms with Gasteiger partial charge in [0.2, 0.25) is 5.91 Å². The first-order valence-electron chi connectivity index (χ1n) is 5.23. The Labute approximate surface area is 101 Å². The fourth-order valence-corrected chi connectivity index (χ4v) is 2.40. The zero-order valence-corrected chi connectivity index (χ0v) is 9.80. The third-order valence-electron chi connectivity index (χ3n) is 3.06. The molecule has 6 nitrogen and oxygen atoms in total. The maximum absolute atomic E-state index is 11.8. The zero-order chi connectivity index (χ0) is 12.5. The lowest BCUT2D eigenvalue weighted by Gasteiger charge is -2.35. The number of nitrogens with one attached hydrogen (secondary N) is 2. The highest BCUT2D eigenvalue weighted by Crippen LogP contribution is 2.41. The van der Waals surface area contributed by atoms with Gasteiger partial charge < -0.3 is 15.4 Å². The largest absolute Gasteiger partial charge is 0.480 e. The summed E-state index contributed by atoms with van der Waals surface area (Å²) in [6.07, 6.45) is 1.53. The van der Waals surface area contributed by atoms with Crippen molar-refractivity contribution in [2.75, 3.05) is 0 Å².